The van der Waals surface area contributed by atoms with Crippen LogP contribution >= 0.6 is 0 Å². The van der Waals surface area contributed by atoms with Crippen LogP contribution in [0.4, 0.5) is 5.82 Å². The number of nitrogen functional groups attached to an aromatic ring is 1. The second kappa shape index (κ2) is 5.82. The molecule has 5 heteroatoms. The molecule has 1 aromatic heterocycles. The van der Waals surface area contributed by atoms with Gasteiger partial charge in [-0.3, -0.25) is 4.79 Å². The molecule has 0 bridgehead atoms. The van der Waals surface area contributed by atoms with E-state index in [0.29, 0.717) is 17.3 Å². The van der Waals surface area contributed by atoms with Crippen LogP contribution in [0.15, 0.2) is 12.1 Å². The van der Waals surface area contributed by atoms with Gasteiger partial charge in [0.25, 0.3) is 5.91 Å². The highest BCUT2D eigenvalue weighted by Crippen LogP contribution is 2.15. The van der Waals surface area contributed by atoms with Crippen molar-refractivity contribution >= 4 is 11.7 Å². The first-order valence-corrected chi connectivity index (χ1v) is 6.09. The summed E-state index contributed by atoms with van der Waals surface area (Å²) in [6.07, 6.45) is 0. The first-order valence-electron chi connectivity index (χ1n) is 6.09. The van der Waals surface area contributed by atoms with E-state index in [0.717, 1.165) is 5.69 Å². The smallest absolute Gasteiger partial charge is 0.254 e. The van der Waals surface area contributed by atoms with Crippen molar-refractivity contribution in [2.24, 2.45) is 11.8 Å². The summed E-state index contributed by atoms with van der Waals surface area (Å²) in [6, 6.07) is 3.62. The van der Waals surface area contributed by atoms with Crippen molar-refractivity contribution in [1.29, 1.82) is 0 Å². The van der Waals surface area contributed by atoms with Crippen molar-refractivity contribution in [3.05, 3.63) is 23.4 Å². The first-order chi connectivity index (χ1) is 8.36. The van der Waals surface area contributed by atoms with Crippen LogP contribution in [-0.2, 0) is 0 Å². The van der Waals surface area contributed by atoms with Gasteiger partial charge in [-0.15, -0.1) is 0 Å². The number of hydrazine groups is 1. The van der Waals surface area contributed by atoms with Crippen molar-refractivity contribution in [3.8, 4) is 0 Å². The molecule has 0 saturated heterocycles. The predicted octanol–water partition coefficient (Wildman–Crippen LogP) is 1.79. The van der Waals surface area contributed by atoms with Gasteiger partial charge in [0.1, 0.15) is 5.82 Å². The van der Waals surface area contributed by atoms with Crippen LogP contribution in [0.25, 0.3) is 0 Å². The molecule has 1 atom stereocenters. The summed E-state index contributed by atoms with van der Waals surface area (Å²) in [7, 11) is 1.82. The van der Waals surface area contributed by atoms with Crippen LogP contribution in [0.2, 0.25) is 0 Å². The molecular weight excluding hydrogens is 228 g/mol. The van der Waals surface area contributed by atoms with E-state index in [-0.39, 0.29) is 11.9 Å². The third kappa shape index (κ3) is 3.20. The van der Waals surface area contributed by atoms with E-state index in [2.05, 4.69) is 24.3 Å². The number of nitrogens with zero attached hydrogens (tertiary/aromatic N) is 2. The van der Waals surface area contributed by atoms with Crippen LogP contribution in [0.1, 0.15) is 36.8 Å². The average molecular weight is 250 g/mol. The second-order valence-electron chi connectivity index (χ2n) is 4.93. The minimum absolute atomic E-state index is 0.0156. The lowest BCUT2D eigenvalue weighted by molar-refractivity contribution is 0.0707. The van der Waals surface area contributed by atoms with E-state index in [4.69, 9.17) is 5.84 Å². The number of anilines is 1. The largest absolute Gasteiger partial charge is 0.339 e. The Morgan fingerprint density at radius 1 is 1.39 bits per heavy atom. The lowest BCUT2D eigenvalue weighted by Gasteiger charge is -2.28. The zero-order valence-corrected chi connectivity index (χ0v) is 11.7. The molecule has 0 fully saturated rings. The highest BCUT2D eigenvalue weighted by Gasteiger charge is 2.20. The van der Waals surface area contributed by atoms with Crippen molar-refractivity contribution in [3.63, 3.8) is 0 Å². The molecule has 0 radical (unpaired) electrons. The maximum absolute atomic E-state index is 12.3. The molecule has 0 spiro atoms. The van der Waals surface area contributed by atoms with E-state index in [1.165, 1.54) is 0 Å². The number of hydrogen-bond donors (Lipinski definition) is 2. The highest BCUT2D eigenvalue weighted by atomic mass is 16.2. The van der Waals surface area contributed by atoms with Crippen molar-refractivity contribution in [2.75, 3.05) is 12.5 Å². The molecule has 1 amide bonds. The SMILES string of the molecule is Cc1cc(C(=O)N(C)C(C)C(C)C)cc(NN)n1. The number of carbonyl (C=O) groups is 1. The topological polar surface area (TPSA) is 71.2 Å². The zero-order chi connectivity index (χ0) is 13.9. The number of aryl methyl sites for hydroxylation is 1. The number of rotatable bonds is 4. The van der Waals surface area contributed by atoms with Gasteiger partial charge in [0, 0.05) is 24.3 Å². The molecule has 18 heavy (non-hydrogen) atoms. The maximum Gasteiger partial charge on any atom is 0.254 e. The van der Waals surface area contributed by atoms with Gasteiger partial charge < -0.3 is 10.3 Å². The fraction of sp³-hybridized carbons (Fsp3) is 0.538. The van der Waals surface area contributed by atoms with Crippen molar-refractivity contribution < 1.29 is 4.79 Å². The zero-order valence-electron chi connectivity index (χ0n) is 11.7. The molecule has 0 saturated carbocycles. The average Bonchev–Trinajstić information content (AvgIpc) is 2.34. The van der Waals surface area contributed by atoms with Gasteiger partial charge in [-0.2, -0.15) is 0 Å². The quantitative estimate of drug-likeness (QED) is 0.631. The van der Waals surface area contributed by atoms with E-state index in [1.54, 1.807) is 17.0 Å². The molecular formula is C13H22N4O. The van der Waals surface area contributed by atoms with E-state index in [9.17, 15) is 4.79 Å². The minimum atomic E-state index is -0.0156. The van der Waals surface area contributed by atoms with E-state index >= 15 is 0 Å². The summed E-state index contributed by atoms with van der Waals surface area (Å²) in [4.78, 5) is 18.3. The van der Waals surface area contributed by atoms with Crippen LogP contribution in [0.3, 0.4) is 0 Å². The predicted molar refractivity (Wildman–Crippen MR) is 73.2 cm³/mol. The lowest BCUT2D eigenvalue weighted by Crippen LogP contribution is -2.38. The van der Waals surface area contributed by atoms with Crippen LogP contribution < -0.4 is 11.3 Å². The summed E-state index contributed by atoms with van der Waals surface area (Å²) in [5.41, 5.74) is 3.84. The van der Waals surface area contributed by atoms with Gasteiger partial charge in [0.2, 0.25) is 0 Å². The number of amides is 1. The molecule has 5 nitrogen and oxygen atoms in total. The summed E-state index contributed by atoms with van der Waals surface area (Å²) in [5, 5.41) is 0. The Morgan fingerprint density at radius 2 is 2.00 bits per heavy atom. The van der Waals surface area contributed by atoms with Gasteiger partial charge in [-0.25, -0.2) is 10.8 Å². The van der Waals surface area contributed by atoms with Crippen LogP contribution in [0.5, 0.6) is 0 Å². The molecule has 1 aromatic rings. The minimum Gasteiger partial charge on any atom is -0.339 e. The third-order valence-electron chi connectivity index (χ3n) is 3.24. The molecule has 0 aromatic carbocycles. The molecule has 100 valence electrons. The Hall–Kier alpha value is -1.62. The van der Waals surface area contributed by atoms with E-state index < -0.39 is 0 Å². The Balaban J connectivity index is 3.00. The van der Waals surface area contributed by atoms with Gasteiger partial charge >= 0.3 is 0 Å². The molecule has 0 aliphatic rings. The number of pyridine rings is 1. The summed E-state index contributed by atoms with van der Waals surface area (Å²) < 4.78 is 0. The summed E-state index contributed by atoms with van der Waals surface area (Å²) >= 11 is 0. The van der Waals surface area contributed by atoms with Gasteiger partial charge in [-0.05, 0) is 31.9 Å². The van der Waals surface area contributed by atoms with Crippen molar-refractivity contribution in [1.82, 2.24) is 9.88 Å². The molecule has 0 aliphatic heterocycles. The lowest BCUT2D eigenvalue weighted by atomic mass is 10.0. The van der Waals surface area contributed by atoms with Crippen molar-refractivity contribution in [2.45, 2.75) is 33.7 Å². The Kier molecular flexibility index (Phi) is 4.67. The fourth-order valence-electron chi connectivity index (χ4n) is 1.70. The molecule has 1 unspecified atom stereocenters. The van der Waals surface area contributed by atoms with Gasteiger partial charge in [-0.1, -0.05) is 13.8 Å². The molecule has 3 N–H and O–H groups in total. The maximum atomic E-state index is 12.3. The summed E-state index contributed by atoms with van der Waals surface area (Å²) in [6.45, 7) is 8.07. The number of hydrogen-bond acceptors (Lipinski definition) is 4. The fourth-order valence-corrected chi connectivity index (χ4v) is 1.70. The monoisotopic (exact) mass is 250 g/mol. The summed E-state index contributed by atoms with van der Waals surface area (Å²) in [5.74, 6) is 6.23. The third-order valence-corrected chi connectivity index (χ3v) is 3.24. The Bertz CT molecular complexity index is 431. The number of nitrogens with two attached hydrogens (primary N) is 1. The number of nitrogens with one attached hydrogen (secondary N) is 1. The molecule has 1 heterocycles. The highest BCUT2D eigenvalue weighted by molar-refractivity contribution is 5.95. The standard InChI is InChI=1S/C13H22N4O/c1-8(2)10(4)17(5)13(18)11-6-9(3)15-12(7-11)16-14/h6-8,10H,14H2,1-5H3,(H,15,16). The van der Waals surface area contributed by atoms with E-state index in [1.807, 2.05) is 20.9 Å². The second-order valence-corrected chi connectivity index (χ2v) is 4.93. The van der Waals surface area contributed by atoms with Gasteiger partial charge in [0.15, 0.2) is 0 Å². The van der Waals surface area contributed by atoms with Gasteiger partial charge in [0.05, 0.1) is 0 Å². The van der Waals surface area contributed by atoms with Crippen LogP contribution in [0, 0.1) is 12.8 Å². The van der Waals surface area contributed by atoms with Crippen LogP contribution in [-0.4, -0.2) is 28.9 Å². The number of carbonyl (C=O) groups excluding carboxylic acids is 1. The Morgan fingerprint density at radius 3 is 2.50 bits per heavy atom. The Labute approximate surface area is 108 Å². The number of aromatic nitrogens is 1. The normalized spacial score (nSPS) is 12.4. The molecule has 0 aliphatic carbocycles. The first kappa shape index (κ1) is 14.4. The molecule has 1 rings (SSSR count).